The van der Waals surface area contributed by atoms with Crippen LogP contribution in [0.25, 0.3) is 17.0 Å². The first-order chi connectivity index (χ1) is 15.6. The fraction of sp³-hybridized carbons (Fsp3) is 0.111. The second kappa shape index (κ2) is 8.27. The van der Waals surface area contributed by atoms with Crippen LogP contribution in [0.1, 0.15) is 22.3 Å². The van der Waals surface area contributed by atoms with Crippen molar-refractivity contribution >= 4 is 5.70 Å². The number of aromatic nitrogens is 2. The maximum atomic E-state index is 13.4. The monoisotopic (exact) mass is 423 g/mol. The van der Waals surface area contributed by atoms with Gasteiger partial charge >= 0.3 is 0 Å². The Labute approximate surface area is 186 Å². The Hall–Kier alpha value is -3.99. The number of hydrogen-bond acceptors (Lipinski definition) is 4. The number of nitrogens with zero attached hydrogens (tertiary/aromatic N) is 3. The molecule has 0 atom stereocenters. The second-order valence-electron chi connectivity index (χ2n) is 7.92. The largest absolute Gasteiger partial charge is 0.457 e. The predicted octanol–water partition coefficient (Wildman–Crippen LogP) is 6.37. The van der Waals surface area contributed by atoms with E-state index in [1.807, 2.05) is 24.3 Å². The van der Waals surface area contributed by atoms with E-state index in [4.69, 9.17) is 4.74 Å². The molecule has 0 aliphatic carbocycles. The molecule has 1 aromatic heterocycles. The molecule has 0 fully saturated rings. The van der Waals surface area contributed by atoms with Crippen molar-refractivity contribution in [1.29, 1.82) is 0 Å². The van der Waals surface area contributed by atoms with Gasteiger partial charge in [-0.25, -0.2) is 4.39 Å². The summed E-state index contributed by atoms with van der Waals surface area (Å²) in [6.45, 7) is 8.01. The molecule has 0 amide bonds. The Kier molecular flexibility index (Phi) is 5.15. The van der Waals surface area contributed by atoms with E-state index in [0.29, 0.717) is 11.5 Å². The molecule has 4 aromatic rings. The molecule has 0 saturated carbocycles. The van der Waals surface area contributed by atoms with Crippen molar-refractivity contribution in [2.45, 2.75) is 20.0 Å². The van der Waals surface area contributed by atoms with Crippen molar-refractivity contribution in [1.82, 2.24) is 14.9 Å². The first kappa shape index (κ1) is 19.9. The molecule has 5 rings (SSSR count). The second-order valence-corrected chi connectivity index (χ2v) is 7.92. The van der Waals surface area contributed by atoms with Crippen LogP contribution in [-0.4, -0.2) is 14.9 Å². The van der Waals surface area contributed by atoms with E-state index in [1.165, 1.54) is 28.8 Å². The Morgan fingerprint density at radius 2 is 1.88 bits per heavy atom. The van der Waals surface area contributed by atoms with Crippen LogP contribution in [-0.2, 0) is 13.1 Å². The van der Waals surface area contributed by atoms with Crippen molar-refractivity contribution in [3.05, 3.63) is 114 Å². The van der Waals surface area contributed by atoms with E-state index < -0.39 is 0 Å². The van der Waals surface area contributed by atoms with Crippen LogP contribution in [0.15, 0.2) is 85.8 Å². The van der Waals surface area contributed by atoms with Gasteiger partial charge in [-0.05, 0) is 60.0 Å². The average Bonchev–Trinajstić information content (AvgIpc) is 3.11. The summed E-state index contributed by atoms with van der Waals surface area (Å²) in [6, 6.07) is 18.3. The fourth-order valence-corrected chi connectivity index (χ4v) is 4.15. The third-order valence-corrected chi connectivity index (χ3v) is 5.64. The molecule has 1 aliphatic heterocycles. The van der Waals surface area contributed by atoms with E-state index in [-0.39, 0.29) is 5.82 Å². The Morgan fingerprint density at radius 3 is 2.62 bits per heavy atom. The topological polar surface area (TPSA) is 38.2 Å². The SMILES string of the molecule is C=C1c2c(C)cc(-c3cnccn3)cc2CN1Cc1ccc(Oc2cccc(F)c2)cc1. The van der Waals surface area contributed by atoms with Crippen LogP contribution in [0.5, 0.6) is 11.5 Å². The fourth-order valence-electron chi connectivity index (χ4n) is 4.15. The summed E-state index contributed by atoms with van der Waals surface area (Å²) in [4.78, 5) is 10.9. The summed E-state index contributed by atoms with van der Waals surface area (Å²) in [6.07, 6.45) is 5.18. The molecule has 32 heavy (non-hydrogen) atoms. The minimum Gasteiger partial charge on any atom is -0.457 e. The minimum absolute atomic E-state index is 0.316. The Balaban J connectivity index is 1.31. The highest BCUT2D eigenvalue weighted by molar-refractivity contribution is 5.75. The standard InChI is InChI=1S/C27H22FN3O/c1-18-12-21(26-15-29-10-11-30-26)13-22-17-31(19(2)27(18)22)16-20-6-8-24(9-7-20)32-25-5-3-4-23(28)14-25/h3-15H,2,16-17H2,1H3. The summed E-state index contributed by atoms with van der Waals surface area (Å²) in [5.41, 5.74) is 7.78. The zero-order valence-corrected chi connectivity index (χ0v) is 17.8. The van der Waals surface area contributed by atoms with Crippen molar-refractivity contribution in [2.24, 2.45) is 0 Å². The molecule has 158 valence electrons. The van der Waals surface area contributed by atoms with Gasteiger partial charge in [-0.1, -0.05) is 24.8 Å². The van der Waals surface area contributed by atoms with E-state index in [9.17, 15) is 4.39 Å². The number of rotatable bonds is 5. The first-order valence-electron chi connectivity index (χ1n) is 10.4. The number of aryl methyl sites for hydroxylation is 1. The number of halogens is 1. The molecular formula is C27H22FN3O. The third kappa shape index (κ3) is 3.97. The molecule has 3 aromatic carbocycles. The van der Waals surface area contributed by atoms with E-state index >= 15 is 0 Å². The van der Waals surface area contributed by atoms with Crippen LogP contribution >= 0.6 is 0 Å². The molecule has 1 aliphatic rings. The molecule has 0 radical (unpaired) electrons. The van der Waals surface area contributed by atoms with E-state index in [2.05, 4.69) is 40.5 Å². The van der Waals surface area contributed by atoms with Crippen molar-refractivity contribution in [3.63, 3.8) is 0 Å². The quantitative estimate of drug-likeness (QED) is 0.374. The lowest BCUT2D eigenvalue weighted by Crippen LogP contribution is -2.14. The van der Waals surface area contributed by atoms with Gasteiger partial charge in [0.15, 0.2) is 0 Å². The smallest absolute Gasteiger partial charge is 0.130 e. The zero-order chi connectivity index (χ0) is 22.1. The lowest BCUT2D eigenvalue weighted by Gasteiger charge is -2.20. The number of hydrogen-bond donors (Lipinski definition) is 0. The van der Waals surface area contributed by atoms with Gasteiger partial charge in [0.25, 0.3) is 0 Å². The third-order valence-electron chi connectivity index (χ3n) is 5.64. The molecule has 0 N–H and O–H groups in total. The minimum atomic E-state index is -0.316. The Morgan fingerprint density at radius 1 is 1.03 bits per heavy atom. The summed E-state index contributed by atoms with van der Waals surface area (Å²) >= 11 is 0. The summed E-state index contributed by atoms with van der Waals surface area (Å²) in [5.74, 6) is 0.840. The van der Waals surface area contributed by atoms with Gasteiger partial charge in [-0.15, -0.1) is 0 Å². The number of benzene rings is 3. The van der Waals surface area contributed by atoms with Crippen molar-refractivity contribution in [3.8, 4) is 22.8 Å². The van der Waals surface area contributed by atoms with Gasteiger partial charge in [0, 0.05) is 48.4 Å². The number of ether oxygens (including phenoxy) is 1. The molecule has 0 saturated heterocycles. The molecular weight excluding hydrogens is 401 g/mol. The predicted molar refractivity (Wildman–Crippen MR) is 123 cm³/mol. The van der Waals surface area contributed by atoms with Gasteiger partial charge in [-0.3, -0.25) is 9.97 Å². The van der Waals surface area contributed by atoms with Crippen molar-refractivity contribution < 1.29 is 9.13 Å². The lowest BCUT2D eigenvalue weighted by molar-refractivity contribution is 0.403. The van der Waals surface area contributed by atoms with Gasteiger partial charge in [0.2, 0.25) is 0 Å². The highest BCUT2D eigenvalue weighted by atomic mass is 19.1. The molecule has 0 spiro atoms. The van der Waals surface area contributed by atoms with Gasteiger partial charge < -0.3 is 9.64 Å². The highest BCUT2D eigenvalue weighted by Gasteiger charge is 2.25. The van der Waals surface area contributed by atoms with Crippen LogP contribution in [0.3, 0.4) is 0 Å². The molecule has 4 nitrogen and oxygen atoms in total. The van der Waals surface area contributed by atoms with Crippen LogP contribution < -0.4 is 4.74 Å². The maximum Gasteiger partial charge on any atom is 0.130 e. The summed E-state index contributed by atoms with van der Waals surface area (Å²) < 4.78 is 19.1. The van der Waals surface area contributed by atoms with E-state index in [0.717, 1.165) is 35.6 Å². The Bertz CT molecular complexity index is 1290. The number of fused-ring (bicyclic) bond motifs is 1. The van der Waals surface area contributed by atoms with Crippen LogP contribution in [0, 0.1) is 12.7 Å². The van der Waals surface area contributed by atoms with Gasteiger partial charge in [0.1, 0.15) is 17.3 Å². The summed E-state index contributed by atoms with van der Waals surface area (Å²) in [7, 11) is 0. The summed E-state index contributed by atoms with van der Waals surface area (Å²) in [5, 5.41) is 0. The lowest BCUT2D eigenvalue weighted by atomic mass is 9.98. The molecule has 0 bridgehead atoms. The molecule has 5 heteroatoms. The van der Waals surface area contributed by atoms with Crippen molar-refractivity contribution in [2.75, 3.05) is 0 Å². The highest BCUT2D eigenvalue weighted by Crippen LogP contribution is 2.37. The average molecular weight is 423 g/mol. The first-order valence-corrected chi connectivity index (χ1v) is 10.4. The van der Waals surface area contributed by atoms with E-state index in [1.54, 1.807) is 30.7 Å². The van der Waals surface area contributed by atoms with Gasteiger partial charge in [-0.2, -0.15) is 0 Å². The molecule has 0 unspecified atom stereocenters. The maximum absolute atomic E-state index is 13.4. The van der Waals surface area contributed by atoms with Crippen LogP contribution in [0.2, 0.25) is 0 Å². The normalized spacial score (nSPS) is 12.7. The van der Waals surface area contributed by atoms with Crippen LogP contribution in [0.4, 0.5) is 4.39 Å². The zero-order valence-electron chi connectivity index (χ0n) is 17.8. The van der Waals surface area contributed by atoms with Gasteiger partial charge in [0.05, 0.1) is 11.9 Å². The molecule has 2 heterocycles.